The number of nitrogens with one attached hydrogen (secondary N) is 2. The van der Waals surface area contributed by atoms with Crippen LogP contribution in [0, 0.1) is 0 Å². The quantitative estimate of drug-likeness (QED) is 0.859. The molecule has 1 aliphatic rings. The van der Waals surface area contributed by atoms with Crippen LogP contribution in [-0.4, -0.2) is 30.2 Å². The zero-order valence-electron chi connectivity index (χ0n) is 10.4. The van der Waals surface area contributed by atoms with Crippen LogP contribution in [0.2, 0.25) is 0 Å². The summed E-state index contributed by atoms with van der Waals surface area (Å²) in [6.45, 7) is 1.73. The molecule has 1 unspecified atom stereocenters. The number of fused-ring (bicyclic) bond motifs is 1. The molecular formula is C14H15N3O2. The first-order valence-corrected chi connectivity index (χ1v) is 6.36. The average Bonchev–Trinajstić information content (AvgIpc) is 2.92. The molecule has 3 rings (SSSR count). The zero-order valence-corrected chi connectivity index (χ0v) is 10.4. The minimum Gasteiger partial charge on any atom is -0.408 e. The summed E-state index contributed by atoms with van der Waals surface area (Å²) in [5.41, 5.74) is 0.699. The molecule has 0 saturated carbocycles. The lowest BCUT2D eigenvalue weighted by atomic mass is 10.2. The maximum Gasteiger partial charge on any atom is 0.412 e. The van der Waals surface area contributed by atoms with Crippen molar-refractivity contribution in [3.63, 3.8) is 0 Å². The molecule has 1 aromatic carbocycles. The molecule has 5 heteroatoms. The molecule has 1 aliphatic heterocycles. The van der Waals surface area contributed by atoms with Crippen molar-refractivity contribution in [3.05, 3.63) is 36.5 Å². The molecule has 19 heavy (non-hydrogen) atoms. The van der Waals surface area contributed by atoms with Crippen LogP contribution < -0.4 is 15.4 Å². The van der Waals surface area contributed by atoms with E-state index in [0.717, 1.165) is 24.9 Å². The number of nitrogens with zero attached hydrogens (tertiary/aromatic N) is 1. The third-order valence-electron chi connectivity index (χ3n) is 3.18. The third kappa shape index (κ3) is 2.66. The van der Waals surface area contributed by atoms with Gasteiger partial charge in [-0.3, -0.25) is 4.98 Å². The molecular weight excluding hydrogens is 242 g/mol. The molecule has 1 saturated heterocycles. The van der Waals surface area contributed by atoms with Gasteiger partial charge in [-0.1, -0.05) is 18.2 Å². The normalized spacial score (nSPS) is 18.4. The highest BCUT2D eigenvalue weighted by Crippen LogP contribution is 2.22. The Bertz CT molecular complexity index is 589. The topological polar surface area (TPSA) is 63.2 Å². The minimum absolute atomic E-state index is 0.149. The standard InChI is InChI=1S/C14H15N3O2/c18-14(17-11-6-8-15-9-11)19-12-5-1-3-10-4-2-7-16-13(10)12/h1-5,7,11,15H,6,8-9H2,(H,17,18). The summed E-state index contributed by atoms with van der Waals surface area (Å²) in [5, 5.41) is 6.98. The number of ether oxygens (including phenoxy) is 1. The Morgan fingerprint density at radius 3 is 3.11 bits per heavy atom. The first-order valence-electron chi connectivity index (χ1n) is 6.36. The fraction of sp³-hybridized carbons (Fsp3) is 0.286. The Kier molecular flexibility index (Phi) is 3.29. The highest BCUT2D eigenvalue weighted by Gasteiger charge is 2.18. The van der Waals surface area contributed by atoms with Gasteiger partial charge in [0.25, 0.3) is 0 Å². The van der Waals surface area contributed by atoms with Gasteiger partial charge in [-0.2, -0.15) is 0 Å². The monoisotopic (exact) mass is 257 g/mol. The van der Waals surface area contributed by atoms with E-state index in [1.807, 2.05) is 24.3 Å². The number of pyridine rings is 1. The number of hydrogen-bond donors (Lipinski definition) is 2. The first kappa shape index (κ1) is 11.9. The Morgan fingerprint density at radius 2 is 2.26 bits per heavy atom. The number of para-hydroxylation sites is 1. The van der Waals surface area contributed by atoms with Gasteiger partial charge in [0.1, 0.15) is 5.52 Å². The molecule has 1 atom stereocenters. The maximum absolute atomic E-state index is 11.8. The van der Waals surface area contributed by atoms with Gasteiger partial charge in [-0.25, -0.2) is 4.79 Å². The largest absolute Gasteiger partial charge is 0.412 e. The molecule has 2 N–H and O–H groups in total. The Labute approximate surface area is 111 Å². The SMILES string of the molecule is O=C(NC1CCNC1)Oc1cccc2cccnc12. The molecule has 2 heterocycles. The average molecular weight is 257 g/mol. The van der Waals surface area contributed by atoms with Crippen LogP contribution in [0.25, 0.3) is 10.9 Å². The van der Waals surface area contributed by atoms with E-state index in [-0.39, 0.29) is 6.04 Å². The van der Waals surface area contributed by atoms with Crippen molar-refractivity contribution in [2.45, 2.75) is 12.5 Å². The molecule has 2 aromatic rings. The number of aromatic nitrogens is 1. The van der Waals surface area contributed by atoms with Crippen LogP contribution in [0.1, 0.15) is 6.42 Å². The minimum atomic E-state index is -0.424. The summed E-state index contributed by atoms with van der Waals surface area (Å²) in [7, 11) is 0. The second-order valence-corrected chi connectivity index (χ2v) is 4.55. The van der Waals surface area contributed by atoms with E-state index in [0.29, 0.717) is 11.3 Å². The number of benzene rings is 1. The Balaban J connectivity index is 1.75. The number of carbonyl (C=O) groups excluding carboxylic acids is 1. The van der Waals surface area contributed by atoms with Crippen LogP contribution in [0.5, 0.6) is 5.75 Å². The summed E-state index contributed by atoms with van der Waals surface area (Å²) in [6.07, 6.45) is 2.20. The van der Waals surface area contributed by atoms with Gasteiger partial charge in [0, 0.05) is 24.2 Å². The van der Waals surface area contributed by atoms with Crippen molar-refractivity contribution in [2.75, 3.05) is 13.1 Å². The summed E-state index contributed by atoms with van der Waals surface area (Å²) in [4.78, 5) is 16.1. The summed E-state index contributed by atoms with van der Waals surface area (Å²) in [6, 6.07) is 9.49. The van der Waals surface area contributed by atoms with Crippen molar-refractivity contribution < 1.29 is 9.53 Å². The van der Waals surface area contributed by atoms with E-state index in [4.69, 9.17) is 4.74 Å². The summed E-state index contributed by atoms with van der Waals surface area (Å²) >= 11 is 0. The van der Waals surface area contributed by atoms with E-state index >= 15 is 0 Å². The van der Waals surface area contributed by atoms with Crippen LogP contribution in [0.3, 0.4) is 0 Å². The number of carbonyl (C=O) groups is 1. The molecule has 0 aliphatic carbocycles. The number of amides is 1. The predicted molar refractivity (Wildman–Crippen MR) is 72.2 cm³/mol. The second kappa shape index (κ2) is 5.24. The van der Waals surface area contributed by atoms with Gasteiger partial charge in [-0.05, 0) is 25.1 Å². The third-order valence-corrected chi connectivity index (χ3v) is 3.18. The summed E-state index contributed by atoms with van der Waals surface area (Å²) < 4.78 is 5.35. The van der Waals surface area contributed by atoms with E-state index in [9.17, 15) is 4.79 Å². The highest BCUT2D eigenvalue weighted by molar-refractivity contribution is 5.86. The Hall–Kier alpha value is -2.14. The molecule has 1 aromatic heterocycles. The lowest BCUT2D eigenvalue weighted by Gasteiger charge is -2.12. The van der Waals surface area contributed by atoms with Crippen molar-refractivity contribution in [1.29, 1.82) is 0 Å². The van der Waals surface area contributed by atoms with Gasteiger partial charge < -0.3 is 15.4 Å². The van der Waals surface area contributed by atoms with Gasteiger partial charge in [0.15, 0.2) is 5.75 Å². The number of hydrogen-bond acceptors (Lipinski definition) is 4. The lowest BCUT2D eigenvalue weighted by molar-refractivity contribution is 0.197. The van der Waals surface area contributed by atoms with E-state index in [1.54, 1.807) is 12.3 Å². The molecule has 0 bridgehead atoms. The molecule has 98 valence electrons. The number of rotatable bonds is 2. The van der Waals surface area contributed by atoms with Crippen LogP contribution >= 0.6 is 0 Å². The van der Waals surface area contributed by atoms with Crippen LogP contribution in [0.15, 0.2) is 36.5 Å². The molecule has 1 fully saturated rings. The van der Waals surface area contributed by atoms with Gasteiger partial charge in [0.05, 0.1) is 0 Å². The first-order chi connectivity index (χ1) is 9.33. The molecule has 0 radical (unpaired) electrons. The smallest absolute Gasteiger partial charge is 0.408 e. The second-order valence-electron chi connectivity index (χ2n) is 4.55. The van der Waals surface area contributed by atoms with E-state index < -0.39 is 6.09 Å². The fourth-order valence-electron chi connectivity index (χ4n) is 2.23. The van der Waals surface area contributed by atoms with Gasteiger partial charge in [0.2, 0.25) is 0 Å². The Morgan fingerprint density at radius 1 is 1.37 bits per heavy atom. The van der Waals surface area contributed by atoms with E-state index in [1.165, 1.54) is 0 Å². The molecule has 1 amide bonds. The van der Waals surface area contributed by atoms with Crippen molar-refractivity contribution in [1.82, 2.24) is 15.6 Å². The zero-order chi connectivity index (χ0) is 13.1. The molecule has 5 nitrogen and oxygen atoms in total. The van der Waals surface area contributed by atoms with Crippen molar-refractivity contribution in [3.8, 4) is 5.75 Å². The van der Waals surface area contributed by atoms with Gasteiger partial charge >= 0.3 is 6.09 Å². The van der Waals surface area contributed by atoms with Crippen LogP contribution in [-0.2, 0) is 0 Å². The lowest BCUT2D eigenvalue weighted by Crippen LogP contribution is -2.38. The predicted octanol–water partition coefficient (Wildman–Crippen LogP) is 1.69. The van der Waals surface area contributed by atoms with Crippen molar-refractivity contribution in [2.24, 2.45) is 0 Å². The fourth-order valence-corrected chi connectivity index (χ4v) is 2.23. The van der Waals surface area contributed by atoms with E-state index in [2.05, 4.69) is 15.6 Å². The van der Waals surface area contributed by atoms with Crippen molar-refractivity contribution >= 4 is 17.0 Å². The highest BCUT2D eigenvalue weighted by atomic mass is 16.6. The maximum atomic E-state index is 11.8. The molecule has 0 spiro atoms. The van der Waals surface area contributed by atoms with Crippen LogP contribution in [0.4, 0.5) is 4.79 Å². The summed E-state index contributed by atoms with van der Waals surface area (Å²) in [5.74, 6) is 0.488. The van der Waals surface area contributed by atoms with Gasteiger partial charge in [-0.15, -0.1) is 0 Å².